The van der Waals surface area contributed by atoms with Gasteiger partial charge in [-0.25, -0.2) is 13.8 Å². The summed E-state index contributed by atoms with van der Waals surface area (Å²) in [6, 6.07) is 4.38. The number of anilines is 1. The SMILES string of the molecule is Cc1cc(C(=O)Nc2cc(F)ccc2F)c2c(C)noc2n1. The van der Waals surface area contributed by atoms with E-state index in [-0.39, 0.29) is 17.0 Å². The zero-order valence-corrected chi connectivity index (χ0v) is 11.8. The highest BCUT2D eigenvalue weighted by molar-refractivity contribution is 6.12. The number of rotatable bonds is 2. The average Bonchev–Trinajstić information content (AvgIpc) is 2.83. The van der Waals surface area contributed by atoms with Crippen LogP contribution in [-0.2, 0) is 0 Å². The van der Waals surface area contributed by atoms with Gasteiger partial charge < -0.3 is 9.84 Å². The first-order valence-electron chi connectivity index (χ1n) is 6.45. The molecular formula is C15H11F2N3O2. The van der Waals surface area contributed by atoms with Crippen LogP contribution in [-0.4, -0.2) is 16.0 Å². The highest BCUT2D eigenvalue weighted by Gasteiger charge is 2.19. The third-order valence-corrected chi connectivity index (χ3v) is 3.17. The van der Waals surface area contributed by atoms with E-state index in [4.69, 9.17) is 4.52 Å². The Morgan fingerprint density at radius 3 is 2.77 bits per heavy atom. The molecule has 0 saturated heterocycles. The zero-order valence-electron chi connectivity index (χ0n) is 11.8. The average molecular weight is 303 g/mol. The second-order valence-electron chi connectivity index (χ2n) is 4.84. The predicted molar refractivity (Wildman–Crippen MR) is 75.6 cm³/mol. The number of aromatic nitrogens is 2. The van der Waals surface area contributed by atoms with Crippen molar-refractivity contribution >= 4 is 22.7 Å². The monoisotopic (exact) mass is 303 g/mol. The lowest BCUT2D eigenvalue weighted by Gasteiger charge is -2.08. The summed E-state index contributed by atoms with van der Waals surface area (Å²) in [5.41, 5.74) is 1.27. The number of benzene rings is 1. The van der Waals surface area contributed by atoms with Crippen molar-refractivity contribution in [3.05, 3.63) is 52.9 Å². The number of pyridine rings is 1. The Hall–Kier alpha value is -2.83. The van der Waals surface area contributed by atoms with E-state index in [1.54, 1.807) is 19.9 Å². The Balaban J connectivity index is 2.05. The number of carbonyl (C=O) groups excluding carboxylic acids is 1. The number of hydrogen-bond acceptors (Lipinski definition) is 4. The van der Waals surface area contributed by atoms with E-state index in [2.05, 4.69) is 15.5 Å². The molecule has 0 bridgehead atoms. The smallest absolute Gasteiger partial charge is 0.258 e. The van der Waals surface area contributed by atoms with Crippen LogP contribution in [0.5, 0.6) is 0 Å². The fourth-order valence-corrected chi connectivity index (χ4v) is 2.18. The molecule has 0 aliphatic heterocycles. The molecule has 0 fully saturated rings. The summed E-state index contributed by atoms with van der Waals surface area (Å²) in [4.78, 5) is 16.5. The lowest BCUT2D eigenvalue weighted by Crippen LogP contribution is -2.14. The normalized spacial score (nSPS) is 10.9. The topological polar surface area (TPSA) is 68.0 Å². The Morgan fingerprint density at radius 2 is 2.00 bits per heavy atom. The number of halogens is 2. The second-order valence-corrected chi connectivity index (χ2v) is 4.84. The molecule has 7 heteroatoms. The maximum Gasteiger partial charge on any atom is 0.258 e. The molecule has 1 aromatic carbocycles. The Labute approximate surface area is 123 Å². The van der Waals surface area contributed by atoms with Crippen molar-refractivity contribution in [2.24, 2.45) is 0 Å². The minimum absolute atomic E-state index is 0.224. The first-order valence-corrected chi connectivity index (χ1v) is 6.45. The summed E-state index contributed by atoms with van der Waals surface area (Å²) in [6.07, 6.45) is 0. The molecule has 5 nitrogen and oxygen atoms in total. The van der Waals surface area contributed by atoms with Crippen molar-refractivity contribution in [2.75, 3.05) is 5.32 Å². The number of aryl methyl sites for hydroxylation is 2. The first-order chi connectivity index (χ1) is 10.5. The van der Waals surface area contributed by atoms with Crippen molar-refractivity contribution in [1.29, 1.82) is 0 Å². The Bertz CT molecular complexity index is 890. The maximum atomic E-state index is 13.6. The molecule has 0 unspecified atom stereocenters. The van der Waals surface area contributed by atoms with E-state index in [0.29, 0.717) is 16.8 Å². The second kappa shape index (κ2) is 5.18. The molecule has 0 saturated carbocycles. The van der Waals surface area contributed by atoms with Crippen molar-refractivity contribution in [2.45, 2.75) is 13.8 Å². The van der Waals surface area contributed by atoms with Gasteiger partial charge in [-0.3, -0.25) is 4.79 Å². The summed E-state index contributed by atoms with van der Waals surface area (Å²) in [5, 5.41) is 6.56. The van der Waals surface area contributed by atoms with Crippen LogP contribution in [0.1, 0.15) is 21.7 Å². The van der Waals surface area contributed by atoms with Gasteiger partial charge in [-0.15, -0.1) is 0 Å². The van der Waals surface area contributed by atoms with Crippen LogP contribution in [0.4, 0.5) is 14.5 Å². The van der Waals surface area contributed by atoms with Gasteiger partial charge in [-0.1, -0.05) is 5.16 Å². The van der Waals surface area contributed by atoms with Crippen LogP contribution >= 0.6 is 0 Å². The van der Waals surface area contributed by atoms with Gasteiger partial charge in [0.15, 0.2) is 0 Å². The molecule has 0 spiro atoms. The van der Waals surface area contributed by atoms with Crippen LogP contribution in [0.2, 0.25) is 0 Å². The number of carbonyl (C=O) groups is 1. The molecule has 0 atom stereocenters. The van der Waals surface area contributed by atoms with Crippen molar-refractivity contribution in [3.8, 4) is 0 Å². The third-order valence-electron chi connectivity index (χ3n) is 3.17. The van der Waals surface area contributed by atoms with Crippen molar-refractivity contribution in [1.82, 2.24) is 10.1 Å². The van der Waals surface area contributed by atoms with Crippen LogP contribution < -0.4 is 5.32 Å². The van der Waals surface area contributed by atoms with Gasteiger partial charge in [-0.05, 0) is 32.0 Å². The van der Waals surface area contributed by atoms with Gasteiger partial charge in [-0.2, -0.15) is 0 Å². The molecule has 0 aliphatic carbocycles. The summed E-state index contributed by atoms with van der Waals surface area (Å²) in [5.74, 6) is -1.96. The summed E-state index contributed by atoms with van der Waals surface area (Å²) in [7, 11) is 0. The summed E-state index contributed by atoms with van der Waals surface area (Å²) < 4.78 is 31.9. The molecule has 2 aromatic heterocycles. The van der Waals surface area contributed by atoms with E-state index in [1.807, 2.05) is 0 Å². The third kappa shape index (κ3) is 2.41. The molecule has 0 radical (unpaired) electrons. The molecule has 1 amide bonds. The van der Waals surface area contributed by atoms with Crippen LogP contribution in [0.25, 0.3) is 11.1 Å². The van der Waals surface area contributed by atoms with Crippen LogP contribution in [0.15, 0.2) is 28.8 Å². The molecular weight excluding hydrogens is 292 g/mol. The van der Waals surface area contributed by atoms with Crippen LogP contribution in [0, 0.1) is 25.5 Å². The van der Waals surface area contributed by atoms with E-state index in [0.717, 1.165) is 18.2 Å². The van der Waals surface area contributed by atoms with E-state index >= 15 is 0 Å². The molecule has 112 valence electrons. The highest BCUT2D eigenvalue weighted by Crippen LogP contribution is 2.23. The van der Waals surface area contributed by atoms with Crippen LogP contribution in [0.3, 0.4) is 0 Å². The fourth-order valence-electron chi connectivity index (χ4n) is 2.18. The predicted octanol–water partition coefficient (Wildman–Crippen LogP) is 3.37. The van der Waals surface area contributed by atoms with Crippen molar-refractivity contribution < 1.29 is 18.1 Å². The molecule has 3 rings (SSSR count). The summed E-state index contributed by atoms with van der Waals surface area (Å²) >= 11 is 0. The molecule has 3 aromatic rings. The largest absolute Gasteiger partial charge is 0.336 e. The minimum Gasteiger partial charge on any atom is -0.336 e. The molecule has 22 heavy (non-hydrogen) atoms. The van der Waals surface area contributed by atoms with Gasteiger partial charge in [0, 0.05) is 11.8 Å². The number of amides is 1. The van der Waals surface area contributed by atoms with Gasteiger partial charge in [0.1, 0.15) is 11.6 Å². The molecule has 0 aliphatic rings. The number of hydrogen-bond donors (Lipinski definition) is 1. The summed E-state index contributed by atoms with van der Waals surface area (Å²) in [6.45, 7) is 3.36. The Kier molecular flexibility index (Phi) is 3.32. The maximum absolute atomic E-state index is 13.6. The van der Waals surface area contributed by atoms with E-state index in [1.165, 1.54) is 0 Å². The first kappa shape index (κ1) is 14.1. The number of nitrogens with one attached hydrogen (secondary N) is 1. The van der Waals surface area contributed by atoms with E-state index < -0.39 is 17.5 Å². The lowest BCUT2D eigenvalue weighted by molar-refractivity contribution is 0.102. The van der Waals surface area contributed by atoms with Gasteiger partial charge in [0.05, 0.1) is 22.3 Å². The standard InChI is InChI=1S/C15H11F2N3O2/c1-7-5-10(13-8(2)20-22-15(13)18-7)14(21)19-12-6-9(16)3-4-11(12)17/h3-6H,1-2H3,(H,19,21). The zero-order chi connectivity index (χ0) is 15.9. The van der Waals surface area contributed by atoms with Gasteiger partial charge >= 0.3 is 0 Å². The number of fused-ring (bicyclic) bond motifs is 1. The molecule has 1 N–H and O–H groups in total. The minimum atomic E-state index is -0.723. The molecule has 2 heterocycles. The van der Waals surface area contributed by atoms with Crippen molar-refractivity contribution in [3.63, 3.8) is 0 Å². The van der Waals surface area contributed by atoms with Gasteiger partial charge in [0.2, 0.25) is 0 Å². The highest BCUT2D eigenvalue weighted by atomic mass is 19.1. The van der Waals surface area contributed by atoms with Gasteiger partial charge in [0.25, 0.3) is 11.6 Å². The van der Waals surface area contributed by atoms with E-state index in [9.17, 15) is 13.6 Å². The number of nitrogens with zero attached hydrogens (tertiary/aromatic N) is 2. The fraction of sp³-hybridized carbons (Fsp3) is 0.133. The Morgan fingerprint density at radius 1 is 1.23 bits per heavy atom. The lowest BCUT2D eigenvalue weighted by atomic mass is 10.1. The quantitative estimate of drug-likeness (QED) is 0.788.